The first kappa shape index (κ1) is 14.8. The van der Waals surface area contributed by atoms with Gasteiger partial charge in [-0.15, -0.1) is 0 Å². The molecule has 4 nitrogen and oxygen atoms in total. The number of rotatable bonds is 5. The summed E-state index contributed by atoms with van der Waals surface area (Å²) in [5.74, 6) is -0.183. The number of nitrogens with one attached hydrogen (secondary N) is 1. The molecule has 2 heterocycles. The van der Waals surface area contributed by atoms with Crippen LogP contribution in [0.2, 0.25) is 5.02 Å². The molecule has 2 bridgehead atoms. The average Bonchev–Trinajstić information content (AvgIpc) is 3.08. The van der Waals surface area contributed by atoms with Crippen molar-refractivity contribution in [1.29, 1.82) is 0 Å². The third kappa shape index (κ3) is 2.93. The molecule has 2 saturated heterocycles. The summed E-state index contributed by atoms with van der Waals surface area (Å²) in [6.45, 7) is 3.83. The van der Waals surface area contributed by atoms with E-state index in [4.69, 9.17) is 21.1 Å². The van der Waals surface area contributed by atoms with Crippen LogP contribution in [0.3, 0.4) is 0 Å². The minimum atomic E-state index is -0.214. The van der Waals surface area contributed by atoms with E-state index in [1.807, 2.05) is 19.1 Å². The number of morpholine rings is 1. The molecule has 21 heavy (non-hydrogen) atoms. The van der Waals surface area contributed by atoms with E-state index in [-0.39, 0.29) is 11.6 Å². The molecule has 0 saturated carbocycles. The van der Waals surface area contributed by atoms with E-state index >= 15 is 0 Å². The normalized spacial score (nSPS) is 27.0. The fourth-order valence-electron chi connectivity index (χ4n) is 3.16. The molecule has 2 unspecified atom stereocenters. The van der Waals surface area contributed by atoms with Crippen LogP contribution in [0, 0.1) is 0 Å². The monoisotopic (exact) mass is 309 g/mol. The Labute approximate surface area is 129 Å². The Hall–Kier alpha value is -1.10. The molecule has 0 aliphatic carbocycles. The zero-order valence-electron chi connectivity index (χ0n) is 12.2. The standard InChI is InChI=1S/C16H20ClNO3/c1-2-20-15(19)6-3-11-7-12(4-5-14(11)17)16-8-13(9-21-16)18-10-16/h4-5,7,13,18H,2-3,6,8-10H2,1H3. The largest absolute Gasteiger partial charge is 0.466 e. The molecule has 0 radical (unpaired) electrons. The first-order valence-corrected chi connectivity index (χ1v) is 7.82. The van der Waals surface area contributed by atoms with Crippen molar-refractivity contribution in [3.05, 3.63) is 34.3 Å². The molecule has 0 amide bonds. The lowest BCUT2D eigenvalue weighted by molar-refractivity contribution is -0.143. The van der Waals surface area contributed by atoms with Gasteiger partial charge >= 0.3 is 5.97 Å². The maximum atomic E-state index is 11.5. The Morgan fingerprint density at radius 3 is 3.05 bits per heavy atom. The molecule has 2 aliphatic rings. The van der Waals surface area contributed by atoms with Crippen LogP contribution in [0.5, 0.6) is 0 Å². The van der Waals surface area contributed by atoms with Crippen LogP contribution in [-0.2, 0) is 26.3 Å². The van der Waals surface area contributed by atoms with Crippen molar-refractivity contribution in [2.75, 3.05) is 19.8 Å². The topological polar surface area (TPSA) is 47.6 Å². The molecule has 114 valence electrons. The Bertz CT molecular complexity index is 538. The first-order chi connectivity index (χ1) is 10.1. The predicted molar refractivity (Wildman–Crippen MR) is 80.4 cm³/mol. The number of hydrogen-bond donors (Lipinski definition) is 1. The van der Waals surface area contributed by atoms with E-state index in [1.165, 1.54) is 0 Å². The van der Waals surface area contributed by atoms with Crippen LogP contribution < -0.4 is 5.32 Å². The van der Waals surface area contributed by atoms with Gasteiger partial charge in [0.25, 0.3) is 0 Å². The van der Waals surface area contributed by atoms with Gasteiger partial charge in [0.2, 0.25) is 0 Å². The van der Waals surface area contributed by atoms with Crippen molar-refractivity contribution in [2.45, 2.75) is 37.8 Å². The number of esters is 1. The van der Waals surface area contributed by atoms with Crippen LogP contribution in [0.25, 0.3) is 0 Å². The lowest BCUT2D eigenvalue weighted by atomic mass is 9.91. The summed E-state index contributed by atoms with van der Waals surface area (Å²) in [7, 11) is 0. The van der Waals surface area contributed by atoms with Gasteiger partial charge in [-0.3, -0.25) is 4.79 Å². The molecule has 5 heteroatoms. The molecule has 1 aromatic rings. The second-order valence-corrected chi connectivity index (χ2v) is 6.11. The van der Waals surface area contributed by atoms with Gasteiger partial charge in [-0.1, -0.05) is 23.7 Å². The lowest BCUT2D eigenvalue weighted by Crippen LogP contribution is -2.37. The van der Waals surface area contributed by atoms with E-state index in [2.05, 4.69) is 11.4 Å². The van der Waals surface area contributed by atoms with Crippen molar-refractivity contribution in [2.24, 2.45) is 0 Å². The van der Waals surface area contributed by atoms with Gasteiger partial charge in [-0.25, -0.2) is 0 Å². The average molecular weight is 310 g/mol. The minimum Gasteiger partial charge on any atom is -0.466 e. The van der Waals surface area contributed by atoms with Crippen LogP contribution >= 0.6 is 11.6 Å². The van der Waals surface area contributed by atoms with Crippen molar-refractivity contribution in [3.8, 4) is 0 Å². The van der Waals surface area contributed by atoms with Crippen molar-refractivity contribution in [1.82, 2.24) is 5.32 Å². The third-order valence-electron chi connectivity index (χ3n) is 4.29. The summed E-state index contributed by atoms with van der Waals surface area (Å²) in [6, 6.07) is 6.48. The SMILES string of the molecule is CCOC(=O)CCc1cc(C23CNC(CO2)C3)ccc1Cl. The zero-order valence-corrected chi connectivity index (χ0v) is 12.9. The minimum absolute atomic E-state index is 0.183. The summed E-state index contributed by atoms with van der Waals surface area (Å²) in [4.78, 5) is 11.5. The van der Waals surface area contributed by atoms with Gasteiger partial charge < -0.3 is 14.8 Å². The Kier molecular flexibility index (Phi) is 4.20. The highest BCUT2D eigenvalue weighted by Crippen LogP contribution is 2.41. The number of halogens is 1. The summed E-state index contributed by atoms with van der Waals surface area (Å²) in [5, 5.41) is 4.16. The number of carbonyl (C=O) groups excluding carboxylic acids is 1. The number of ether oxygens (including phenoxy) is 2. The van der Waals surface area contributed by atoms with Crippen LogP contribution in [0.1, 0.15) is 30.9 Å². The predicted octanol–water partition coefficient (Wildman–Crippen LogP) is 2.42. The van der Waals surface area contributed by atoms with Gasteiger partial charge in [-0.05, 0) is 37.0 Å². The molecule has 3 rings (SSSR count). The molecular weight excluding hydrogens is 290 g/mol. The van der Waals surface area contributed by atoms with E-state index in [9.17, 15) is 4.79 Å². The van der Waals surface area contributed by atoms with Crippen LogP contribution in [0.4, 0.5) is 0 Å². The van der Waals surface area contributed by atoms with Crippen LogP contribution in [-0.4, -0.2) is 31.8 Å². The fraction of sp³-hybridized carbons (Fsp3) is 0.562. The van der Waals surface area contributed by atoms with E-state index in [1.54, 1.807) is 0 Å². The second kappa shape index (κ2) is 5.95. The number of carbonyl (C=O) groups is 1. The molecule has 0 spiro atoms. The van der Waals surface area contributed by atoms with Gasteiger partial charge in [0, 0.05) is 24.0 Å². The van der Waals surface area contributed by atoms with E-state index in [0.29, 0.717) is 30.5 Å². The second-order valence-electron chi connectivity index (χ2n) is 5.70. The Morgan fingerprint density at radius 2 is 2.43 bits per heavy atom. The highest BCUT2D eigenvalue weighted by molar-refractivity contribution is 6.31. The molecule has 1 aromatic carbocycles. The number of benzene rings is 1. The summed E-state index contributed by atoms with van der Waals surface area (Å²) < 4.78 is 11.0. The lowest BCUT2D eigenvalue weighted by Gasteiger charge is -2.27. The van der Waals surface area contributed by atoms with Crippen molar-refractivity contribution >= 4 is 17.6 Å². The van der Waals surface area contributed by atoms with Gasteiger partial charge in [0.1, 0.15) is 5.60 Å². The Morgan fingerprint density at radius 1 is 1.57 bits per heavy atom. The zero-order chi connectivity index (χ0) is 14.9. The van der Waals surface area contributed by atoms with E-state index in [0.717, 1.165) is 30.7 Å². The summed E-state index contributed by atoms with van der Waals surface area (Å²) in [6.07, 6.45) is 1.95. The molecular formula is C16H20ClNO3. The number of fused-ring (bicyclic) bond motifs is 2. The maximum Gasteiger partial charge on any atom is 0.306 e. The van der Waals surface area contributed by atoms with Gasteiger partial charge in [0.05, 0.1) is 13.2 Å². The first-order valence-electron chi connectivity index (χ1n) is 7.45. The fourth-order valence-corrected chi connectivity index (χ4v) is 3.37. The number of aryl methyl sites for hydroxylation is 1. The molecule has 2 atom stereocenters. The highest BCUT2D eigenvalue weighted by Gasteiger charge is 2.47. The molecule has 2 fully saturated rings. The summed E-state index contributed by atoms with van der Waals surface area (Å²) in [5.41, 5.74) is 1.92. The van der Waals surface area contributed by atoms with Gasteiger partial charge in [-0.2, -0.15) is 0 Å². The quantitative estimate of drug-likeness (QED) is 0.849. The third-order valence-corrected chi connectivity index (χ3v) is 4.66. The van der Waals surface area contributed by atoms with Crippen LogP contribution in [0.15, 0.2) is 18.2 Å². The maximum absolute atomic E-state index is 11.5. The molecule has 1 N–H and O–H groups in total. The Balaban J connectivity index is 1.75. The van der Waals surface area contributed by atoms with Crippen molar-refractivity contribution in [3.63, 3.8) is 0 Å². The summed E-state index contributed by atoms with van der Waals surface area (Å²) >= 11 is 6.25. The van der Waals surface area contributed by atoms with E-state index < -0.39 is 0 Å². The van der Waals surface area contributed by atoms with Gasteiger partial charge in [0.15, 0.2) is 0 Å². The number of hydrogen-bond acceptors (Lipinski definition) is 4. The molecule has 0 aromatic heterocycles. The molecule has 2 aliphatic heterocycles. The van der Waals surface area contributed by atoms with Crippen molar-refractivity contribution < 1.29 is 14.3 Å². The smallest absolute Gasteiger partial charge is 0.306 e. The highest BCUT2D eigenvalue weighted by atomic mass is 35.5.